The molecule has 2 atom stereocenters. The highest BCUT2D eigenvalue weighted by molar-refractivity contribution is 5.96. The number of aryl methyl sites for hydroxylation is 1. The van der Waals surface area contributed by atoms with Crippen molar-refractivity contribution >= 4 is 28.7 Å². The fourth-order valence-corrected chi connectivity index (χ4v) is 3.34. The number of nitrogens with one attached hydrogen (secondary N) is 1. The van der Waals surface area contributed by atoms with Gasteiger partial charge in [0.1, 0.15) is 6.04 Å². The van der Waals surface area contributed by atoms with Gasteiger partial charge in [-0.1, -0.05) is 55.0 Å². The molecular formula is C26H33N5O4. The van der Waals surface area contributed by atoms with Crippen LogP contribution in [0.25, 0.3) is 10.9 Å². The zero-order valence-corrected chi connectivity index (χ0v) is 19.6. The molecule has 0 spiro atoms. The third-order valence-corrected chi connectivity index (χ3v) is 5.36. The minimum absolute atomic E-state index is 0.334. The predicted octanol–water partition coefficient (Wildman–Crippen LogP) is 1.98. The number of carbonyl (C=O) groups is 3. The Morgan fingerprint density at radius 2 is 1.66 bits per heavy atom. The Balaban J connectivity index is 0.000000279. The summed E-state index contributed by atoms with van der Waals surface area (Å²) < 4.78 is 0. The Kier molecular flexibility index (Phi) is 11.3. The zero-order chi connectivity index (χ0) is 25.6. The van der Waals surface area contributed by atoms with Crippen molar-refractivity contribution in [3.63, 3.8) is 0 Å². The maximum absolute atomic E-state index is 11.9. The number of pyridine rings is 1. The number of fused-ring (bicyclic) bond motifs is 1. The van der Waals surface area contributed by atoms with Crippen LogP contribution in [0.5, 0.6) is 0 Å². The molecular weight excluding hydrogens is 446 g/mol. The van der Waals surface area contributed by atoms with Crippen LogP contribution in [0.1, 0.15) is 41.6 Å². The number of nitrogens with two attached hydrogens (primary N) is 3. The summed E-state index contributed by atoms with van der Waals surface area (Å²) in [6.07, 6.45) is 4.48. The topological polar surface area (TPSA) is 174 Å². The zero-order valence-electron chi connectivity index (χ0n) is 19.6. The highest BCUT2D eigenvalue weighted by Gasteiger charge is 2.22. The van der Waals surface area contributed by atoms with Gasteiger partial charge in [0, 0.05) is 11.6 Å². The fourth-order valence-electron chi connectivity index (χ4n) is 3.34. The second-order valence-electron chi connectivity index (χ2n) is 8.10. The lowest BCUT2D eigenvalue weighted by molar-refractivity contribution is -0.142. The molecule has 1 heterocycles. The van der Waals surface area contributed by atoms with E-state index in [2.05, 4.69) is 10.3 Å². The minimum atomic E-state index is -1.04. The van der Waals surface area contributed by atoms with Crippen LogP contribution >= 0.6 is 0 Å². The van der Waals surface area contributed by atoms with E-state index in [0.29, 0.717) is 31.4 Å². The van der Waals surface area contributed by atoms with Crippen LogP contribution in [-0.4, -0.2) is 46.5 Å². The van der Waals surface area contributed by atoms with E-state index in [1.807, 2.05) is 54.6 Å². The van der Waals surface area contributed by atoms with Crippen molar-refractivity contribution in [3.05, 3.63) is 78.0 Å². The summed E-state index contributed by atoms with van der Waals surface area (Å²) in [5.74, 6) is -1.91. The van der Waals surface area contributed by atoms with Gasteiger partial charge in [0.2, 0.25) is 11.8 Å². The van der Waals surface area contributed by atoms with Crippen molar-refractivity contribution < 1.29 is 19.5 Å². The van der Waals surface area contributed by atoms with Gasteiger partial charge in [0.05, 0.1) is 17.1 Å². The summed E-state index contributed by atoms with van der Waals surface area (Å²) in [6, 6.07) is 17.3. The van der Waals surface area contributed by atoms with Crippen LogP contribution in [0.2, 0.25) is 0 Å². The van der Waals surface area contributed by atoms with Crippen molar-refractivity contribution in [1.29, 1.82) is 0 Å². The molecule has 0 fully saturated rings. The number of primary amides is 1. The number of hydrogen-bond acceptors (Lipinski definition) is 6. The molecule has 3 rings (SSSR count). The van der Waals surface area contributed by atoms with Crippen molar-refractivity contribution in [2.75, 3.05) is 6.54 Å². The summed E-state index contributed by atoms with van der Waals surface area (Å²) in [5, 5.41) is 12.7. The number of hydrogen-bond donors (Lipinski definition) is 5. The number of nitrogens with zero attached hydrogens (tertiary/aromatic N) is 1. The number of carboxylic acids is 1. The van der Waals surface area contributed by atoms with Crippen LogP contribution < -0.4 is 22.5 Å². The van der Waals surface area contributed by atoms with Gasteiger partial charge in [0.25, 0.3) is 0 Å². The van der Waals surface area contributed by atoms with E-state index in [0.717, 1.165) is 29.3 Å². The first-order chi connectivity index (χ1) is 16.8. The normalized spacial score (nSPS) is 12.2. The number of carbonyl (C=O) groups excluding carboxylic acids is 2. The first kappa shape index (κ1) is 27.4. The number of aliphatic carboxylic acids is 1. The molecule has 0 aliphatic carbocycles. The molecule has 0 radical (unpaired) electrons. The van der Waals surface area contributed by atoms with Gasteiger partial charge in [-0.05, 0) is 49.9 Å². The molecule has 2 amide bonds. The molecule has 0 aliphatic rings. The van der Waals surface area contributed by atoms with Gasteiger partial charge in [-0.15, -0.1) is 0 Å². The Morgan fingerprint density at radius 1 is 0.971 bits per heavy atom. The van der Waals surface area contributed by atoms with Crippen molar-refractivity contribution in [2.45, 2.75) is 44.2 Å². The van der Waals surface area contributed by atoms with Gasteiger partial charge in [0.15, 0.2) is 0 Å². The molecule has 0 bridgehead atoms. The van der Waals surface area contributed by atoms with Crippen LogP contribution in [0.3, 0.4) is 0 Å². The molecule has 9 nitrogen and oxygen atoms in total. The number of carboxylic acid groups (broad SMARTS) is 1. The Bertz CT molecular complexity index is 1110. The lowest BCUT2D eigenvalue weighted by Crippen LogP contribution is -2.48. The van der Waals surface area contributed by atoms with Gasteiger partial charge >= 0.3 is 5.97 Å². The maximum Gasteiger partial charge on any atom is 0.326 e. The Labute approximate surface area is 204 Å². The fraction of sp³-hybridized carbons (Fsp3) is 0.308. The maximum atomic E-state index is 11.9. The lowest BCUT2D eigenvalue weighted by Gasteiger charge is -2.18. The van der Waals surface area contributed by atoms with E-state index >= 15 is 0 Å². The van der Waals surface area contributed by atoms with Gasteiger partial charge in [-0.3, -0.25) is 14.6 Å². The van der Waals surface area contributed by atoms with E-state index in [4.69, 9.17) is 17.2 Å². The molecule has 0 saturated heterocycles. The summed E-state index contributed by atoms with van der Waals surface area (Å²) >= 11 is 0. The first-order valence-electron chi connectivity index (χ1n) is 11.5. The van der Waals surface area contributed by atoms with Gasteiger partial charge < -0.3 is 27.6 Å². The SMILES string of the molecule is NC(=O)c1cnc2ccccc2c1.NCCCC[C@@H](N)C(=O)N[C@H](CCc1ccccc1)C(=O)O. The molecule has 3 aromatic rings. The average molecular weight is 480 g/mol. The second kappa shape index (κ2) is 14.4. The summed E-state index contributed by atoms with van der Waals surface area (Å²) in [6.45, 7) is 0.559. The predicted molar refractivity (Wildman–Crippen MR) is 135 cm³/mol. The average Bonchev–Trinajstić information content (AvgIpc) is 2.87. The molecule has 0 aliphatic heterocycles. The summed E-state index contributed by atoms with van der Waals surface area (Å²) in [5.41, 5.74) is 18.6. The van der Waals surface area contributed by atoms with Crippen LogP contribution in [0, 0.1) is 0 Å². The molecule has 186 valence electrons. The monoisotopic (exact) mass is 479 g/mol. The molecule has 1 aromatic heterocycles. The van der Waals surface area contributed by atoms with E-state index in [1.165, 1.54) is 6.20 Å². The van der Waals surface area contributed by atoms with E-state index in [9.17, 15) is 19.5 Å². The molecule has 2 aromatic carbocycles. The number of para-hydroxylation sites is 1. The molecule has 0 saturated carbocycles. The van der Waals surface area contributed by atoms with Crippen molar-refractivity contribution in [2.24, 2.45) is 17.2 Å². The minimum Gasteiger partial charge on any atom is -0.480 e. The van der Waals surface area contributed by atoms with E-state index in [1.54, 1.807) is 6.07 Å². The number of rotatable bonds is 11. The number of aromatic nitrogens is 1. The smallest absolute Gasteiger partial charge is 0.326 e. The van der Waals surface area contributed by atoms with Crippen molar-refractivity contribution in [1.82, 2.24) is 10.3 Å². The molecule has 0 unspecified atom stereocenters. The molecule has 8 N–H and O–H groups in total. The molecule has 9 heteroatoms. The largest absolute Gasteiger partial charge is 0.480 e. The molecule has 35 heavy (non-hydrogen) atoms. The number of amides is 2. The quantitative estimate of drug-likeness (QED) is 0.261. The van der Waals surface area contributed by atoms with Crippen molar-refractivity contribution in [3.8, 4) is 0 Å². The highest BCUT2D eigenvalue weighted by Crippen LogP contribution is 2.12. The standard InChI is InChI=1S/C16H25N3O3.C10H8N2O/c17-11-5-4-8-13(18)15(20)19-14(16(21)22)10-9-12-6-2-1-3-7-12;11-10(13)8-5-7-3-1-2-4-9(7)12-6-8/h1-3,6-7,13-14H,4-5,8-11,17-18H2,(H,19,20)(H,21,22);1-6H,(H2,11,13)/t13-,14-;/m1./s1. The highest BCUT2D eigenvalue weighted by atomic mass is 16.4. The summed E-state index contributed by atoms with van der Waals surface area (Å²) in [4.78, 5) is 38.1. The van der Waals surface area contributed by atoms with E-state index < -0.39 is 29.9 Å². The second-order valence-corrected chi connectivity index (χ2v) is 8.10. The number of benzene rings is 2. The van der Waals surface area contributed by atoms with Gasteiger partial charge in [-0.2, -0.15) is 0 Å². The third-order valence-electron chi connectivity index (χ3n) is 5.36. The summed E-state index contributed by atoms with van der Waals surface area (Å²) in [7, 11) is 0. The first-order valence-corrected chi connectivity index (χ1v) is 11.5. The lowest BCUT2D eigenvalue weighted by atomic mass is 10.0. The van der Waals surface area contributed by atoms with Crippen LogP contribution in [0.4, 0.5) is 0 Å². The Morgan fingerprint density at radius 3 is 2.31 bits per heavy atom. The van der Waals surface area contributed by atoms with Crippen LogP contribution in [-0.2, 0) is 16.0 Å². The number of unbranched alkanes of at least 4 members (excludes halogenated alkanes) is 1. The third kappa shape index (κ3) is 9.52. The van der Waals surface area contributed by atoms with E-state index in [-0.39, 0.29) is 0 Å². The van der Waals surface area contributed by atoms with Gasteiger partial charge in [-0.25, -0.2) is 4.79 Å². The van der Waals surface area contributed by atoms with Crippen LogP contribution in [0.15, 0.2) is 66.9 Å². The Hall–Kier alpha value is -3.82.